The summed E-state index contributed by atoms with van der Waals surface area (Å²) in [4.78, 5) is 12.8. The highest BCUT2D eigenvalue weighted by molar-refractivity contribution is 8.13. The van der Waals surface area contributed by atoms with E-state index in [0.717, 1.165) is 0 Å². The van der Waals surface area contributed by atoms with Crippen molar-refractivity contribution in [2.45, 2.75) is 4.90 Å². The van der Waals surface area contributed by atoms with Crippen LogP contribution in [0.1, 0.15) is 0 Å². The van der Waals surface area contributed by atoms with E-state index in [1.54, 1.807) is 4.90 Å². The summed E-state index contributed by atoms with van der Waals surface area (Å²) in [7, 11) is 1.40. The van der Waals surface area contributed by atoms with E-state index in [2.05, 4.69) is 5.32 Å². The van der Waals surface area contributed by atoms with Gasteiger partial charge >= 0.3 is 6.03 Å². The highest BCUT2D eigenvalue weighted by Gasteiger charge is 2.19. The average Bonchev–Trinajstić information content (AvgIpc) is 2.76. The fourth-order valence-electron chi connectivity index (χ4n) is 1.74. The molecule has 0 unspecified atom stereocenters. The van der Waals surface area contributed by atoms with Crippen LogP contribution in [0.4, 0.5) is 4.79 Å². The maximum Gasteiger partial charge on any atom is 0.317 e. The Hall–Kier alpha value is -1.18. The van der Waals surface area contributed by atoms with E-state index in [1.165, 1.54) is 18.2 Å². The zero-order valence-corrected chi connectivity index (χ0v) is 12.6. The van der Waals surface area contributed by atoms with Gasteiger partial charge in [0.1, 0.15) is 12.4 Å². The number of carbonyl (C=O) groups excluding carboxylic acids is 1. The first-order valence-electron chi connectivity index (χ1n) is 5.78. The summed E-state index contributed by atoms with van der Waals surface area (Å²) in [5.41, 5.74) is 0. The van der Waals surface area contributed by atoms with Crippen LogP contribution < -0.4 is 10.1 Å². The van der Waals surface area contributed by atoms with Crippen LogP contribution in [0.5, 0.6) is 5.75 Å². The normalized spacial score (nSPS) is 15.3. The Morgan fingerprint density at radius 2 is 2.15 bits per heavy atom. The fraction of sp³-hybridized carbons (Fsp3) is 0.364. The minimum atomic E-state index is -3.81. The number of nitrogens with one attached hydrogen (secondary N) is 1. The van der Waals surface area contributed by atoms with Gasteiger partial charge in [0.05, 0.1) is 16.5 Å². The molecule has 9 heteroatoms. The Bertz CT molecular complexity index is 621. The number of amides is 2. The molecule has 20 heavy (non-hydrogen) atoms. The van der Waals surface area contributed by atoms with Gasteiger partial charge in [-0.05, 0) is 18.2 Å². The van der Waals surface area contributed by atoms with Gasteiger partial charge in [0.2, 0.25) is 0 Å². The average molecular weight is 339 g/mol. The molecule has 0 aromatic heterocycles. The molecule has 2 rings (SSSR count). The zero-order valence-electron chi connectivity index (χ0n) is 10.3. The van der Waals surface area contributed by atoms with Gasteiger partial charge in [-0.15, -0.1) is 0 Å². The first-order chi connectivity index (χ1) is 9.38. The third-order valence-electron chi connectivity index (χ3n) is 2.75. The predicted molar refractivity (Wildman–Crippen MR) is 75.0 cm³/mol. The maximum atomic E-state index is 11.3. The lowest BCUT2D eigenvalue weighted by molar-refractivity contribution is 0.202. The van der Waals surface area contributed by atoms with Crippen LogP contribution in [0.15, 0.2) is 23.1 Å². The molecule has 0 spiro atoms. The zero-order chi connectivity index (χ0) is 14.8. The Morgan fingerprint density at radius 1 is 1.40 bits per heavy atom. The molecule has 1 aromatic carbocycles. The molecule has 1 aromatic rings. The van der Waals surface area contributed by atoms with Crippen molar-refractivity contribution >= 4 is 37.4 Å². The lowest BCUT2D eigenvalue weighted by Gasteiger charge is -2.15. The fourth-order valence-corrected chi connectivity index (χ4v) is 2.82. The van der Waals surface area contributed by atoms with E-state index >= 15 is 0 Å². The Kier molecular flexibility index (Phi) is 4.62. The molecule has 1 aliphatic heterocycles. The Labute approximate surface area is 126 Å². The van der Waals surface area contributed by atoms with Crippen molar-refractivity contribution in [2.75, 3.05) is 26.2 Å². The van der Waals surface area contributed by atoms with Crippen LogP contribution in [0, 0.1) is 0 Å². The lowest BCUT2D eigenvalue weighted by atomic mass is 10.3. The molecule has 2 amide bonds. The first-order valence-corrected chi connectivity index (χ1v) is 8.46. The Morgan fingerprint density at radius 3 is 2.70 bits per heavy atom. The summed E-state index contributed by atoms with van der Waals surface area (Å²) in [6.45, 7) is 1.96. The van der Waals surface area contributed by atoms with Crippen molar-refractivity contribution < 1.29 is 17.9 Å². The standard InChI is InChI=1S/C11H12Cl2N2O4S/c12-9-7-8(20(13,17)18)1-2-10(9)19-6-5-15-4-3-14-11(15)16/h1-2,7H,3-6H2,(H,14,16). The molecule has 1 saturated heterocycles. The quantitative estimate of drug-likeness (QED) is 0.828. The van der Waals surface area contributed by atoms with Crippen LogP contribution in [0.25, 0.3) is 0 Å². The Balaban J connectivity index is 1.95. The van der Waals surface area contributed by atoms with Crippen molar-refractivity contribution in [3.05, 3.63) is 23.2 Å². The van der Waals surface area contributed by atoms with Gasteiger partial charge in [0.25, 0.3) is 9.05 Å². The van der Waals surface area contributed by atoms with Crippen LogP contribution in [0.2, 0.25) is 5.02 Å². The third-order valence-corrected chi connectivity index (χ3v) is 4.40. The van der Waals surface area contributed by atoms with Crippen LogP contribution >= 0.6 is 22.3 Å². The van der Waals surface area contributed by atoms with Gasteiger partial charge in [0.15, 0.2) is 0 Å². The van der Waals surface area contributed by atoms with Crippen LogP contribution in [0.3, 0.4) is 0 Å². The van der Waals surface area contributed by atoms with Crippen molar-refractivity contribution in [1.82, 2.24) is 10.2 Å². The summed E-state index contributed by atoms with van der Waals surface area (Å²) in [5.74, 6) is 0.343. The maximum absolute atomic E-state index is 11.3. The van der Waals surface area contributed by atoms with E-state index in [0.29, 0.717) is 25.4 Å². The number of ether oxygens (including phenoxy) is 1. The largest absolute Gasteiger partial charge is 0.490 e. The molecule has 1 N–H and O–H groups in total. The van der Waals surface area contributed by atoms with Gasteiger partial charge in [0, 0.05) is 23.8 Å². The monoisotopic (exact) mass is 338 g/mol. The second-order valence-electron chi connectivity index (χ2n) is 4.10. The summed E-state index contributed by atoms with van der Waals surface area (Å²) >= 11 is 5.92. The highest BCUT2D eigenvalue weighted by Crippen LogP contribution is 2.28. The lowest BCUT2D eigenvalue weighted by Crippen LogP contribution is -2.31. The summed E-state index contributed by atoms with van der Waals surface area (Å²) in [6.07, 6.45) is 0. The topological polar surface area (TPSA) is 75.7 Å². The minimum Gasteiger partial charge on any atom is -0.490 e. The molecule has 1 fully saturated rings. The molecule has 0 aliphatic carbocycles. The van der Waals surface area contributed by atoms with Gasteiger partial charge in [-0.1, -0.05) is 11.6 Å². The smallest absolute Gasteiger partial charge is 0.317 e. The van der Waals surface area contributed by atoms with Crippen molar-refractivity contribution in [1.29, 1.82) is 0 Å². The van der Waals surface area contributed by atoms with Crippen LogP contribution in [-0.4, -0.2) is 45.6 Å². The molecule has 0 atom stereocenters. The molecule has 6 nitrogen and oxygen atoms in total. The van der Waals surface area contributed by atoms with E-state index in [-0.39, 0.29) is 22.6 Å². The number of rotatable bonds is 5. The number of hydrogen-bond donors (Lipinski definition) is 1. The van der Waals surface area contributed by atoms with Crippen molar-refractivity contribution in [2.24, 2.45) is 0 Å². The number of halogens is 2. The van der Waals surface area contributed by atoms with E-state index < -0.39 is 9.05 Å². The summed E-state index contributed by atoms with van der Waals surface area (Å²) in [5, 5.41) is 2.83. The van der Waals surface area contributed by atoms with Gasteiger partial charge in [-0.3, -0.25) is 0 Å². The van der Waals surface area contributed by atoms with Gasteiger partial charge in [-0.25, -0.2) is 13.2 Å². The van der Waals surface area contributed by atoms with Crippen LogP contribution in [-0.2, 0) is 9.05 Å². The second kappa shape index (κ2) is 6.07. The number of hydrogen-bond acceptors (Lipinski definition) is 4. The second-order valence-corrected chi connectivity index (χ2v) is 7.07. The predicted octanol–water partition coefficient (Wildman–Crippen LogP) is 1.67. The van der Waals surface area contributed by atoms with E-state index in [9.17, 15) is 13.2 Å². The number of urea groups is 1. The van der Waals surface area contributed by atoms with E-state index in [1.807, 2.05) is 0 Å². The molecule has 0 bridgehead atoms. The third kappa shape index (κ3) is 3.68. The molecule has 1 heterocycles. The number of benzene rings is 1. The molecule has 0 saturated carbocycles. The van der Waals surface area contributed by atoms with E-state index in [4.69, 9.17) is 27.0 Å². The molecule has 0 radical (unpaired) electrons. The summed E-state index contributed by atoms with van der Waals surface area (Å²) in [6, 6.07) is 3.85. The number of nitrogens with zero attached hydrogens (tertiary/aromatic N) is 1. The van der Waals surface area contributed by atoms with Crippen molar-refractivity contribution in [3.63, 3.8) is 0 Å². The molecular formula is C11H12Cl2N2O4S. The van der Waals surface area contributed by atoms with Gasteiger partial charge in [-0.2, -0.15) is 0 Å². The first kappa shape index (κ1) is 15.2. The highest BCUT2D eigenvalue weighted by atomic mass is 35.7. The van der Waals surface area contributed by atoms with Gasteiger partial charge < -0.3 is 15.0 Å². The summed E-state index contributed by atoms with van der Waals surface area (Å²) < 4.78 is 27.7. The molecular weight excluding hydrogens is 327 g/mol. The SMILES string of the molecule is O=C1NCCN1CCOc1ccc(S(=O)(=O)Cl)cc1Cl. The van der Waals surface area contributed by atoms with Crippen molar-refractivity contribution in [3.8, 4) is 5.75 Å². The number of carbonyl (C=O) groups is 1. The molecule has 110 valence electrons. The molecule has 1 aliphatic rings. The minimum absolute atomic E-state index is 0.0876.